The molecule has 6 heteroatoms. The average Bonchev–Trinajstić information content (AvgIpc) is 2.97. The molecule has 1 amide bonds. The SMILES string of the molecule is COC(=O)c1cccc(NC(=O)Cn2cnc3ccccc32)c1. The number of imidazole rings is 1. The van der Waals surface area contributed by atoms with Crippen molar-refractivity contribution >= 4 is 28.6 Å². The number of hydrogen-bond donors (Lipinski definition) is 1. The maximum absolute atomic E-state index is 12.2. The van der Waals surface area contributed by atoms with E-state index in [0.717, 1.165) is 11.0 Å². The zero-order valence-electron chi connectivity index (χ0n) is 12.5. The Bertz CT molecular complexity index is 870. The van der Waals surface area contributed by atoms with Gasteiger partial charge in [-0.05, 0) is 30.3 Å². The third-order valence-electron chi connectivity index (χ3n) is 3.41. The molecule has 3 aromatic rings. The topological polar surface area (TPSA) is 73.2 Å². The number of anilines is 1. The van der Waals surface area contributed by atoms with Crippen molar-refractivity contribution in [1.82, 2.24) is 9.55 Å². The highest BCUT2D eigenvalue weighted by molar-refractivity contribution is 5.94. The van der Waals surface area contributed by atoms with Gasteiger partial charge in [0.2, 0.25) is 5.91 Å². The van der Waals surface area contributed by atoms with Crippen molar-refractivity contribution in [3.63, 3.8) is 0 Å². The fourth-order valence-corrected chi connectivity index (χ4v) is 2.33. The number of ether oxygens (including phenoxy) is 1. The second-order valence-corrected chi connectivity index (χ2v) is 4.98. The van der Waals surface area contributed by atoms with Crippen LogP contribution in [0.15, 0.2) is 54.9 Å². The second-order valence-electron chi connectivity index (χ2n) is 4.98. The van der Waals surface area contributed by atoms with Gasteiger partial charge in [-0.2, -0.15) is 0 Å². The van der Waals surface area contributed by atoms with E-state index in [1.807, 2.05) is 24.3 Å². The molecule has 0 radical (unpaired) electrons. The molecular weight excluding hydrogens is 294 g/mol. The molecule has 0 saturated heterocycles. The van der Waals surface area contributed by atoms with Crippen LogP contribution in [-0.4, -0.2) is 28.5 Å². The van der Waals surface area contributed by atoms with Crippen LogP contribution in [-0.2, 0) is 16.1 Å². The molecule has 0 bridgehead atoms. The number of esters is 1. The van der Waals surface area contributed by atoms with Gasteiger partial charge in [0.15, 0.2) is 0 Å². The van der Waals surface area contributed by atoms with Crippen molar-refractivity contribution in [2.24, 2.45) is 0 Å². The van der Waals surface area contributed by atoms with Crippen LogP contribution in [0.2, 0.25) is 0 Å². The van der Waals surface area contributed by atoms with E-state index in [1.54, 1.807) is 35.2 Å². The van der Waals surface area contributed by atoms with Gasteiger partial charge in [0, 0.05) is 5.69 Å². The van der Waals surface area contributed by atoms with Crippen molar-refractivity contribution in [3.8, 4) is 0 Å². The Hall–Kier alpha value is -3.15. The monoisotopic (exact) mass is 309 g/mol. The van der Waals surface area contributed by atoms with Crippen LogP contribution in [0.5, 0.6) is 0 Å². The van der Waals surface area contributed by atoms with Gasteiger partial charge in [0.05, 0.1) is 30.0 Å². The number of nitrogens with zero attached hydrogens (tertiary/aromatic N) is 2. The summed E-state index contributed by atoms with van der Waals surface area (Å²) in [6, 6.07) is 14.2. The number of amides is 1. The summed E-state index contributed by atoms with van der Waals surface area (Å²) in [6.45, 7) is 0.142. The second kappa shape index (κ2) is 6.31. The molecule has 1 aromatic heterocycles. The fraction of sp³-hybridized carbons (Fsp3) is 0.118. The molecular formula is C17H15N3O3. The first kappa shape index (κ1) is 14.8. The average molecular weight is 309 g/mol. The lowest BCUT2D eigenvalue weighted by molar-refractivity contribution is -0.116. The summed E-state index contributed by atoms with van der Waals surface area (Å²) in [5.41, 5.74) is 2.67. The first-order chi connectivity index (χ1) is 11.2. The summed E-state index contributed by atoms with van der Waals surface area (Å²) < 4.78 is 6.44. The lowest BCUT2D eigenvalue weighted by Crippen LogP contribution is -2.18. The highest BCUT2D eigenvalue weighted by Crippen LogP contribution is 2.14. The summed E-state index contributed by atoms with van der Waals surface area (Å²) >= 11 is 0. The number of carbonyl (C=O) groups is 2. The molecule has 0 unspecified atom stereocenters. The zero-order valence-corrected chi connectivity index (χ0v) is 12.5. The molecule has 0 fully saturated rings. The van der Waals surface area contributed by atoms with E-state index >= 15 is 0 Å². The standard InChI is InChI=1S/C17H15N3O3/c1-23-17(22)12-5-4-6-13(9-12)19-16(21)10-20-11-18-14-7-2-3-8-15(14)20/h2-9,11H,10H2,1H3,(H,19,21). The van der Waals surface area contributed by atoms with E-state index in [-0.39, 0.29) is 12.5 Å². The quantitative estimate of drug-likeness (QED) is 0.751. The minimum Gasteiger partial charge on any atom is -0.465 e. The molecule has 0 saturated carbocycles. The van der Waals surface area contributed by atoms with E-state index in [4.69, 9.17) is 0 Å². The lowest BCUT2D eigenvalue weighted by atomic mass is 10.2. The summed E-state index contributed by atoms with van der Waals surface area (Å²) in [6.07, 6.45) is 1.63. The predicted octanol–water partition coefficient (Wildman–Crippen LogP) is 2.46. The predicted molar refractivity (Wildman–Crippen MR) is 86.1 cm³/mol. The normalized spacial score (nSPS) is 10.5. The van der Waals surface area contributed by atoms with Gasteiger partial charge in [0.1, 0.15) is 6.54 Å². The Morgan fingerprint density at radius 2 is 2.00 bits per heavy atom. The van der Waals surface area contributed by atoms with Gasteiger partial charge in [-0.1, -0.05) is 18.2 Å². The fourth-order valence-electron chi connectivity index (χ4n) is 2.33. The van der Waals surface area contributed by atoms with E-state index in [2.05, 4.69) is 15.0 Å². The molecule has 0 aliphatic heterocycles. The molecule has 116 valence electrons. The number of fused-ring (bicyclic) bond motifs is 1. The van der Waals surface area contributed by atoms with Crippen LogP contribution in [0.1, 0.15) is 10.4 Å². The molecule has 3 rings (SSSR count). The van der Waals surface area contributed by atoms with Gasteiger partial charge in [-0.15, -0.1) is 0 Å². The van der Waals surface area contributed by atoms with Crippen LogP contribution in [0.25, 0.3) is 11.0 Å². The Kier molecular flexibility index (Phi) is 4.05. The zero-order chi connectivity index (χ0) is 16.2. The van der Waals surface area contributed by atoms with E-state index in [9.17, 15) is 9.59 Å². The summed E-state index contributed by atoms with van der Waals surface area (Å²) in [7, 11) is 1.32. The lowest BCUT2D eigenvalue weighted by Gasteiger charge is -2.08. The number of rotatable bonds is 4. The molecule has 0 aliphatic carbocycles. The van der Waals surface area contributed by atoms with Crippen LogP contribution in [0, 0.1) is 0 Å². The molecule has 0 aliphatic rings. The Balaban J connectivity index is 1.73. The van der Waals surface area contributed by atoms with Gasteiger partial charge >= 0.3 is 5.97 Å². The third-order valence-corrected chi connectivity index (χ3v) is 3.41. The number of carbonyl (C=O) groups excluding carboxylic acids is 2. The van der Waals surface area contributed by atoms with Gasteiger partial charge in [0.25, 0.3) is 0 Å². The molecule has 0 spiro atoms. The van der Waals surface area contributed by atoms with E-state index in [1.165, 1.54) is 7.11 Å². The van der Waals surface area contributed by atoms with Gasteiger partial charge in [-0.3, -0.25) is 4.79 Å². The first-order valence-electron chi connectivity index (χ1n) is 7.05. The van der Waals surface area contributed by atoms with Crippen LogP contribution in [0.4, 0.5) is 5.69 Å². The Morgan fingerprint density at radius 1 is 1.17 bits per heavy atom. The number of benzene rings is 2. The smallest absolute Gasteiger partial charge is 0.337 e. The Morgan fingerprint density at radius 3 is 2.83 bits per heavy atom. The van der Waals surface area contributed by atoms with E-state index < -0.39 is 5.97 Å². The third kappa shape index (κ3) is 3.21. The van der Waals surface area contributed by atoms with Crippen molar-refractivity contribution in [1.29, 1.82) is 0 Å². The molecule has 23 heavy (non-hydrogen) atoms. The number of hydrogen-bond acceptors (Lipinski definition) is 4. The first-order valence-corrected chi connectivity index (χ1v) is 7.05. The van der Waals surface area contributed by atoms with Crippen molar-refractivity contribution in [3.05, 3.63) is 60.4 Å². The highest BCUT2D eigenvalue weighted by Gasteiger charge is 2.09. The number of para-hydroxylation sites is 2. The molecule has 2 aromatic carbocycles. The largest absolute Gasteiger partial charge is 0.465 e. The van der Waals surface area contributed by atoms with Crippen LogP contribution in [0.3, 0.4) is 0 Å². The summed E-state index contributed by atoms with van der Waals surface area (Å²) in [4.78, 5) is 28.0. The summed E-state index contributed by atoms with van der Waals surface area (Å²) in [5.74, 6) is -0.642. The van der Waals surface area contributed by atoms with Crippen molar-refractivity contribution in [2.75, 3.05) is 12.4 Å². The van der Waals surface area contributed by atoms with E-state index in [0.29, 0.717) is 11.3 Å². The number of methoxy groups -OCH3 is 1. The highest BCUT2D eigenvalue weighted by atomic mass is 16.5. The minimum atomic E-state index is -0.443. The summed E-state index contributed by atoms with van der Waals surface area (Å²) in [5, 5.41) is 2.77. The Labute approximate surface area is 132 Å². The van der Waals surface area contributed by atoms with Crippen molar-refractivity contribution in [2.45, 2.75) is 6.54 Å². The minimum absolute atomic E-state index is 0.142. The molecule has 1 N–H and O–H groups in total. The molecule has 1 heterocycles. The molecule has 0 atom stereocenters. The van der Waals surface area contributed by atoms with Crippen molar-refractivity contribution < 1.29 is 14.3 Å². The van der Waals surface area contributed by atoms with Gasteiger partial charge < -0.3 is 14.6 Å². The number of nitrogens with one attached hydrogen (secondary N) is 1. The van der Waals surface area contributed by atoms with Crippen LogP contribution < -0.4 is 5.32 Å². The maximum Gasteiger partial charge on any atom is 0.337 e. The van der Waals surface area contributed by atoms with Gasteiger partial charge in [-0.25, -0.2) is 9.78 Å². The maximum atomic E-state index is 12.2. The number of aromatic nitrogens is 2. The molecule has 6 nitrogen and oxygen atoms in total. The van der Waals surface area contributed by atoms with Crippen LogP contribution >= 0.6 is 0 Å².